The maximum Gasteiger partial charge on any atom is 0.384 e. The van der Waals surface area contributed by atoms with E-state index in [1.165, 1.54) is 0 Å². The van der Waals surface area contributed by atoms with Gasteiger partial charge in [0, 0.05) is 0 Å². The Morgan fingerprint density at radius 1 is 1.00 bits per heavy atom. The van der Waals surface area contributed by atoms with Crippen LogP contribution in [0, 0.1) is 6.43 Å². The van der Waals surface area contributed by atoms with Crippen LogP contribution >= 0.6 is 23.2 Å². The predicted octanol–water partition coefficient (Wildman–Crippen LogP) is 3.15. The minimum Gasteiger partial charge on any atom is -0.201 e. The van der Waals surface area contributed by atoms with Gasteiger partial charge >= 0.3 is 16.9 Å². The van der Waals surface area contributed by atoms with Gasteiger partial charge in [0.25, 0.3) is 0 Å². The van der Waals surface area contributed by atoms with Crippen LogP contribution in [0.2, 0.25) is 0 Å². The monoisotopic (exact) mass is 201 g/mol. The molecule has 7 heteroatoms. The van der Waals surface area contributed by atoms with Gasteiger partial charge in [0.15, 0.2) is 0 Å². The highest BCUT2D eigenvalue weighted by Crippen LogP contribution is 2.46. The molecule has 0 nitrogen and oxygen atoms in total. The van der Waals surface area contributed by atoms with Crippen LogP contribution in [-0.2, 0) is 0 Å². The first kappa shape index (κ1) is 10.2. The van der Waals surface area contributed by atoms with Crippen molar-refractivity contribution in [2.45, 2.75) is 10.5 Å². The van der Waals surface area contributed by atoms with E-state index in [0.717, 1.165) is 0 Å². The maximum atomic E-state index is 11.7. The molecule has 0 N–H and O–H groups in total. The zero-order valence-electron chi connectivity index (χ0n) is 4.15. The number of halogens is 7. The van der Waals surface area contributed by atoms with E-state index in [-0.39, 0.29) is 0 Å². The molecule has 0 aromatic carbocycles. The SMILES string of the molecule is F[C](F)C(F)(F)C(F)(Cl)Cl. The van der Waals surface area contributed by atoms with Gasteiger partial charge in [0.2, 0.25) is 0 Å². The van der Waals surface area contributed by atoms with Crippen molar-refractivity contribution in [2.24, 2.45) is 0 Å². The molecule has 0 atom stereocenters. The van der Waals surface area contributed by atoms with Crippen molar-refractivity contribution in [3.05, 3.63) is 6.43 Å². The summed E-state index contributed by atoms with van der Waals surface area (Å²) in [6.45, 7) is 0. The predicted molar refractivity (Wildman–Crippen MR) is 26.0 cm³/mol. The fourth-order valence-corrected chi connectivity index (χ4v) is 0.250. The molecule has 0 unspecified atom stereocenters. The smallest absolute Gasteiger partial charge is 0.201 e. The van der Waals surface area contributed by atoms with Gasteiger partial charge in [-0.05, 0) is 0 Å². The summed E-state index contributed by atoms with van der Waals surface area (Å²) in [5.41, 5.74) is 0. The number of hydrogen-bond donors (Lipinski definition) is 0. The Hall–Kier alpha value is 0.230. The Morgan fingerprint density at radius 3 is 1.30 bits per heavy atom. The Morgan fingerprint density at radius 2 is 1.30 bits per heavy atom. The van der Waals surface area contributed by atoms with Crippen LogP contribution in [0.3, 0.4) is 0 Å². The minimum atomic E-state index is -5.11. The standard InChI is InChI=1S/C3Cl2F5/c4-3(5,10)2(8,9)1(6)7. The number of hydrogen-bond acceptors (Lipinski definition) is 0. The van der Waals surface area contributed by atoms with Crippen molar-refractivity contribution in [2.75, 3.05) is 0 Å². The molecule has 61 valence electrons. The van der Waals surface area contributed by atoms with Crippen molar-refractivity contribution < 1.29 is 22.0 Å². The Kier molecular flexibility index (Phi) is 2.76. The first-order valence-corrected chi connectivity index (χ1v) is 2.58. The van der Waals surface area contributed by atoms with E-state index in [1.54, 1.807) is 0 Å². The lowest BCUT2D eigenvalue weighted by molar-refractivity contribution is -0.103. The highest BCUT2D eigenvalue weighted by atomic mass is 35.5. The molecule has 0 aromatic heterocycles. The van der Waals surface area contributed by atoms with Crippen molar-refractivity contribution >= 4 is 23.2 Å². The van der Waals surface area contributed by atoms with Crippen LogP contribution in [-0.4, -0.2) is 10.5 Å². The molecule has 0 amide bonds. The summed E-state index contributed by atoms with van der Waals surface area (Å²) in [5, 5.41) is 0. The molecule has 0 aromatic rings. The van der Waals surface area contributed by atoms with Crippen LogP contribution < -0.4 is 0 Å². The van der Waals surface area contributed by atoms with E-state index in [4.69, 9.17) is 0 Å². The van der Waals surface area contributed by atoms with Gasteiger partial charge in [-0.2, -0.15) is 17.6 Å². The average Bonchev–Trinajstić information content (AvgIpc) is 1.62. The molecule has 0 spiro atoms. The van der Waals surface area contributed by atoms with Crippen molar-refractivity contribution in [3.63, 3.8) is 0 Å². The summed E-state index contributed by atoms with van der Waals surface area (Å²) in [5.74, 6) is -5.11. The lowest BCUT2D eigenvalue weighted by Gasteiger charge is -2.19. The first-order chi connectivity index (χ1) is 4.19. The highest BCUT2D eigenvalue weighted by molar-refractivity contribution is 6.47. The Bertz CT molecular complexity index is 117. The third-order valence-electron chi connectivity index (χ3n) is 0.593. The second kappa shape index (κ2) is 2.70. The quantitative estimate of drug-likeness (QED) is 0.476. The van der Waals surface area contributed by atoms with Gasteiger partial charge in [0.05, 0.1) is 0 Å². The Balaban J connectivity index is 4.40. The van der Waals surface area contributed by atoms with E-state index in [0.29, 0.717) is 0 Å². The van der Waals surface area contributed by atoms with E-state index in [2.05, 4.69) is 23.2 Å². The van der Waals surface area contributed by atoms with E-state index >= 15 is 0 Å². The van der Waals surface area contributed by atoms with Crippen LogP contribution in [0.4, 0.5) is 22.0 Å². The second-order valence-corrected chi connectivity index (χ2v) is 2.57. The molecule has 0 fully saturated rings. The second-order valence-electron chi connectivity index (χ2n) is 1.33. The largest absolute Gasteiger partial charge is 0.384 e. The third kappa shape index (κ3) is 1.85. The van der Waals surface area contributed by atoms with Crippen molar-refractivity contribution in [3.8, 4) is 0 Å². The normalized spacial score (nSPS) is 14.4. The molecule has 0 saturated heterocycles. The molecule has 0 aliphatic heterocycles. The summed E-state index contributed by atoms with van der Waals surface area (Å²) in [7, 11) is 0. The third-order valence-corrected chi connectivity index (χ3v) is 1.07. The molecule has 0 heterocycles. The van der Waals surface area contributed by atoms with Crippen LogP contribution in [0.5, 0.6) is 0 Å². The topological polar surface area (TPSA) is 0 Å². The van der Waals surface area contributed by atoms with Crippen molar-refractivity contribution in [1.29, 1.82) is 0 Å². The highest BCUT2D eigenvalue weighted by Gasteiger charge is 2.61. The fraction of sp³-hybridized carbons (Fsp3) is 0.667. The summed E-state index contributed by atoms with van der Waals surface area (Å²) in [6, 6.07) is 0. The number of rotatable bonds is 2. The molecule has 10 heavy (non-hydrogen) atoms. The molecule has 0 bridgehead atoms. The Labute approximate surface area is 62.9 Å². The van der Waals surface area contributed by atoms with Crippen LogP contribution in [0.25, 0.3) is 0 Å². The van der Waals surface area contributed by atoms with Gasteiger partial charge < -0.3 is 0 Å². The van der Waals surface area contributed by atoms with Gasteiger partial charge in [-0.1, -0.05) is 23.2 Å². The van der Waals surface area contributed by atoms with E-state index < -0.39 is 16.9 Å². The summed E-state index contributed by atoms with van der Waals surface area (Å²) in [4.78, 5) is 0. The van der Waals surface area contributed by atoms with Gasteiger partial charge in [-0.3, -0.25) is 0 Å². The van der Waals surface area contributed by atoms with Crippen LogP contribution in [0.1, 0.15) is 0 Å². The molecule has 1 radical (unpaired) electrons. The molecule has 0 aliphatic carbocycles. The maximum absolute atomic E-state index is 11.7. The summed E-state index contributed by atoms with van der Waals surface area (Å²) in [6.07, 6.45) is -3.46. The zero-order valence-corrected chi connectivity index (χ0v) is 5.66. The molecular formula is C3Cl2F5. The summed E-state index contributed by atoms with van der Waals surface area (Å²) < 4.78 is 52.8. The first-order valence-electron chi connectivity index (χ1n) is 1.82. The van der Waals surface area contributed by atoms with Crippen molar-refractivity contribution in [1.82, 2.24) is 0 Å². The fourth-order valence-electron chi connectivity index (χ4n) is 0.107. The average molecular weight is 202 g/mol. The molecule has 0 rings (SSSR count). The molecular weight excluding hydrogens is 202 g/mol. The summed E-state index contributed by atoms with van der Waals surface area (Å²) >= 11 is 8.14. The van der Waals surface area contributed by atoms with Gasteiger partial charge in [-0.15, -0.1) is 0 Å². The van der Waals surface area contributed by atoms with E-state index in [1.807, 2.05) is 0 Å². The minimum absolute atomic E-state index is 3.46. The van der Waals surface area contributed by atoms with Crippen LogP contribution in [0.15, 0.2) is 0 Å². The lowest BCUT2D eigenvalue weighted by Crippen LogP contribution is -2.37. The van der Waals surface area contributed by atoms with Gasteiger partial charge in [-0.25, -0.2) is 4.39 Å². The molecule has 0 saturated carbocycles. The molecule has 0 aliphatic rings. The lowest BCUT2D eigenvalue weighted by atomic mass is 10.4. The number of alkyl halides is 5. The van der Waals surface area contributed by atoms with E-state index in [9.17, 15) is 22.0 Å². The zero-order chi connectivity index (χ0) is 8.58. The van der Waals surface area contributed by atoms with Gasteiger partial charge in [0.1, 0.15) is 0 Å².